The lowest BCUT2D eigenvalue weighted by Gasteiger charge is -2.10. The molecule has 0 amide bonds. The van der Waals surface area contributed by atoms with E-state index in [1.54, 1.807) is 0 Å². The van der Waals surface area contributed by atoms with Gasteiger partial charge in [0.25, 0.3) is 0 Å². The molecule has 0 heterocycles. The van der Waals surface area contributed by atoms with E-state index in [1.165, 1.54) is 34.9 Å². The van der Waals surface area contributed by atoms with Crippen molar-refractivity contribution in [3.05, 3.63) is 33.9 Å². The lowest BCUT2D eigenvalue weighted by Crippen LogP contribution is -1.93. The Hall–Kier alpha value is -0.820. The van der Waals surface area contributed by atoms with Crippen LogP contribution in [0.25, 0.3) is 0 Å². The molecule has 1 aromatic carbocycles. The Bertz CT molecular complexity index is 262. The van der Waals surface area contributed by atoms with Crippen molar-refractivity contribution in [3.8, 4) is 0 Å². The van der Waals surface area contributed by atoms with Crippen LogP contribution in [0, 0.1) is 34.6 Å². The van der Waals surface area contributed by atoms with Crippen molar-refractivity contribution in [2.24, 2.45) is 5.73 Å². The van der Waals surface area contributed by atoms with Crippen LogP contribution in [-0.2, 0) is 0 Å². The van der Waals surface area contributed by atoms with Crippen molar-refractivity contribution >= 4 is 0 Å². The standard InChI is InChI=1S/C11H16.C2H6.CH5N/c1-7-6-8(2)10(4)11(5)9(7)3;2*1-2/h6H,1-5H3;1-2H3;2H2,1H3. The predicted octanol–water partition coefficient (Wildman–Crippen LogP) is 3.83. The van der Waals surface area contributed by atoms with Gasteiger partial charge >= 0.3 is 0 Å². The van der Waals surface area contributed by atoms with E-state index in [0.29, 0.717) is 0 Å². The predicted molar refractivity (Wildman–Crippen MR) is 71.6 cm³/mol. The third-order valence-corrected chi connectivity index (χ3v) is 2.74. The molecule has 0 radical (unpaired) electrons. The van der Waals surface area contributed by atoms with E-state index in [1.807, 2.05) is 13.8 Å². The van der Waals surface area contributed by atoms with Gasteiger partial charge < -0.3 is 5.73 Å². The number of rotatable bonds is 0. The summed E-state index contributed by atoms with van der Waals surface area (Å²) >= 11 is 0. The van der Waals surface area contributed by atoms with Gasteiger partial charge in [0.1, 0.15) is 0 Å². The molecular weight excluding hydrogens is 182 g/mol. The molecule has 0 aliphatic rings. The Morgan fingerprint density at radius 3 is 1.20 bits per heavy atom. The van der Waals surface area contributed by atoms with Gasteiger partial charge in [0.05, 0.1) is 0 Å². The lowest BCUT2D eigenvalue weighted by molar-refractivity contribution is 1.18. The molecule has 2 N–H and O–H groups in total. The van der Waals surface area contributed by atoms with E-state index in [9.17, 15) is 0 Å². The van der Waals surface area contributed by atoms with Gasteiger partial charge in [-0.2, -0.15) is 0 Å². The fourth-order valence-corrected chi connectivity index (χ4v) is 1.41. The molecule has 0 saturated carbocycles. The van der Waals surface area contributed by atoms with Gasteiger partial charge in [-0.3, -0.25) is 0 Å². The van der Waals surface area contributed by atoms with Gasteiger partial charge in [0.15, 0.2) is 0 Å². The molecule has 1 rings (SSSR count). The molecule has 0 saturated heterocycles. The van der Waals surface area contributed by atoms with Gasteiger partial charge in [-0.15, -0.1) is 0 Å². The Morgan fingerprint density at radius 2 is 0.933 bits per heavy atom. The number of hydrogen-bond acceptors (Lipinski definition) is 1. The fraction of sp³-hybridized carbons (Fsp3) is 0.571. The second-order valence-electron chi connectivity index (χ2n) is 3.39. The Labute approximate surface area is 95.7 Å². The number of hydrogen-bond donors (Lipinski definition) is 1. The molecule has 0 atom stereocenters. The number of benzene rings is 1. The summed E-state index contributed by atoms with van der Waals surface area (Å²) in [5.74, 6) is 0. The molecule has 88 valence electrons. The number of nitrogens with two attached hydrogens (primary N) is 1. The molecule has 0 unspecified atom stereocenters. The molecule has 1 aromatic rings. The highest BCUT2D eigenvalue weighted by molar-refractivity contribution is 5.42. The quantitative estimate of drug-likeness (QED) is 0.690. The second kappa shape index (κ2) is 8.49. The molecule has 1 heteroatoms. The van der Waals surface area contributed by atoms with Crippen LogP contribution < -0.4 is 5.73 Å². The maximum atomic E-state index is 4.50. The Balaban J connectivity index is 0. The minimum absolute atomic E-state index is 1.41. The molecule has 15 heavy (non-hydrogen) atoms. The summed E-state index contributed by atoms with van der Waals surface area (Å²) < 4.78 is 0. The van der Waals surface area contributed by atoms with Crippen molar-refractivity contribution in [1.82, 2.24) is 0 Å². The first-order valence-corrected chi connectivity index (χ1v) is 5.65. The summed E-state index contributed by atoms with van der Waals surface area (Å²) in [4.78, 5) is 0. The summed E-state index contributed by atoms with van der Waals surface area (Å²) in [7, 11) is 1.50. The van der Waals surface area contributed by atoms with E-state index < -0.39 is 0 Å². The Morgan fingerprint density at radius 1 is 0.667 bits per heavy atom. The SMILES string of the molecule is CC.CN.Cc1cc(C)c(C)c(C)c1C. The highest BCUT2D eigenvalue weighted by Crippen LogP contribution is 2.19. The molecule has 0 aromatic heterocycles. The molecule has 0 aliphatic carbocycles. The molecule has 0 aliphatic heterocycles. The third kappa shape index (κ3) is 4.48. The maximum Gasteiger partial charge on any atom is -0.0195 e. The zero-order valence-corrected chi connectivity index (χ0v) is 11.7. The summed E-state index contributed by atoms with van der Waals surface area (Å²) in [6.07, 6.45) is 0. The van der Waals surface area contributed by atoms with Crippen molar-refractivity contribution < 1.29 is 0 Å². The average Bonchev–Trinajstić information content (AvgIpc) is 2.29. The van der Waals surface area contributed by atoms with E-state index in [4.69, 9.17) is 0 Å². The smallest absolute Gasteiger partial charge is 0.0195 e. The molecule has 0 fully saturated rings. The molecule has 0 bridgehead atoms. The van der Waals surface area contributed by atoms with Crippen molar-refractivity contribution in [1.29, 1.82) is 0 Å². The fourth-order valence-electron chi connectivity index (χ4n) is 1.41. The summed E-state index contributed by atoms with van der Waals surface area (Å²) in [6, 6.07) is 2.26. The largest absolute Gasteiger partial charge is 0.333 e. The Kier molecular flexibility index (Phi) is 9.39. The van der Waals surface area contributed by atoms with Crippen LogP contribution >= 0.6 is 0 Å². The first kappa shape index (κ1) is 16.6. The van der Waals surface area contributed by atoms with E-state index >= 15 is 0 Å². The van der Waals surface area contributed by atoms with Gasteiger partial charge in [0.2, 0.25) is 0 Å². The van der Waals surface area contributed by atoms with Crippen LogP contribution in [0.2, 0.25) is 0 Å². The molecule has 1 nitrogen and oxygen atoms in total. The van der Waals surface area contributed by atoms with Crippen LogP contribution in [0.4, 0.5) is 0 Å². The summed E-state index contributed by atoms with van der Waals surface area (Å²) in [5.41, 5.74) is 11.6. The van der Waals surface area contributed by atoms with Crippen molar-refractivity contribution in [2.75, 3.05) is 7.05 Å². The van der Waals surface area contributed by atoms with E-state index in [-0.39, 0.29) is 0 Å². The van der Waals surface area contributed by atoms with E-state index in [2.05, 4.69) is 46.4 Å². The van der Waals surface area contributed by atoms with Crippen LogP contribution in [0.3, 0.4) is 0 Å². The normalized spacial score (nSPS) is 8.33. The van der Waals surface area contributed by atoms with Gasteiger partial charge in [-0.1, -0.05) is 19.9 Å². The third-order valence-electron chi connectivity index (χ3n) is 2.74. The molecular formula is C14H27N. The molecule has 0 spiro atoms. The van der Waals surface area contributed by atoms with Crippen LogP contribution in [0.5, 0.6) is 0 Å². The van der Waals surface area contributed by atoms with Crippen LogP contribution in [-0.4, -0.2) is 7.05 Å². The van der Waals surface area contributed by atoms with Gasteiger partial charge in [0, 0.05) is 0 Å². The highest BCUT2D eigenvalue weighted by atomic mass is 14.4. The second-order valence-corrected chi connectivity index (χ2v) is 3.39. The van der Waals surface area contributed by atoms with Crippen LogP contribution in [0.15, 0.2) is 6.07 Å². The van der Waals surface area contributed by atoms with Gasteiger partial charge in [-0.05, 0) is 69.5 Å². The zero-order valence-electron chi connectivity index (χ0n) is 11.7. The number of aryl methyl sites for hydroxylation is 2. The highest BCUT2D eigenvalue weighted by Gasteiger charge is 2.02. The van der Waals surface area contributed by atoms with Crippen molar-refractivity contribution in [3.63, 3.8) is 0 Å². The van der Waals surface area contributed by atoms with Crippen molar-refractivity contribution in [2.45, 2.75) is 48.5 Å². The minimum atomic E-state index is 1.41. The van der Waals surface area contributed by atoms with E-state index in [0.717, 1.165) is 0 Å². The average molecular weight is 209 g/mol. The maximum absolute atomic E-state index is 4.50. The summed E-state index contributed by atoms with van der Waals surface area (Å²) in [5, 5.41) is 0. The van der Waals surface area contributed by atoms with Crippen LogP contribution in [0.1, 0.15) is 41.7 Å². The first-order chi connectivity index (χ1) is 7.04. The minimum Gasteiger partial charge on any atom is -0.333 e. The van der Waals surface area contributed by atoms with Gasteiger partial charge in [-0.25, -0.2) is 0 Å². The zero-order chi connectivity index (χ0) is 12.6. The lowest BCUT2D eigenvalue weighted by atomic mass is 9.96. The monoisotopic (exact) mass is 209 g/mol. The summed E-state index contributed by atoms with van der Waals surface area (Å²) in [6.45, 7) is 14.9. The first-order valence-electron chi connectivity index (χ1n) is 5.65. The topological polar surface area (TPSA) is 26.0 Å².